The van der Waals surface area contributed by atoms with E-state index >= 15 is 0 Å². The number of aryl methyl sites for hydroxylation is 1. The van der Waals surface area contributed by atoms with Crippen LogP contribution in [-0.4, -0.2) is 30.7 Å². The van der Waals surface area contributed by atoms with Crippen LogP contribution < -0.4 is 10.2 Å². The van der Waals surface area contributed by atoms with E-state index in [1.54, 1.807) is 11.9 Å². The molecule has 0 spiro atoms. The number of benzene rings is 1. The number of carboxylic acids is 1. The van der Waals surface area contributed by atoms with Gasteiger partial charge in [-0.25, -0.2) is 4.79 Å². The Bertz CT molecular complexity index is 446. The third kappa shape index (κ3) is 5.42. The minimum atomic E-state index is -0.803. The average molecular weight is 264 g/mol. The molecule has 0 aliphatic carbocycles. The number of nitrogens with zero attached hydrogens (tertiary/aromatic N) is 1. The summed E-state index contributed by atoms with van der Waals surface area (Å²) in [5, 5.41) is 11.3. The predicted molar refractivity (Wildman–Crippen MR) is 74.5 cm³/mol. The molecule has 104 valence electrons. The molecule has 19 heavy (non-hydrogen) atoms. The van der Waals surface area contributed by atoms with Gasteiger partial charge in [0.2, 0.25) is 0 Å². The van der Waals surface area contributed by atoms with Crippen LogP contribution in [0.3, 0.4) is 0 Å². The Morgan fingerprint density at radius 2 is 2.05 bits per heavy atom. The van der Waals surface area contributed by atoms with Crippen LogP contribution in [0, 0.1) is 6.92 Å². The fraction of sp³-hybridized carbons (Fsp3) is 0.429. The molecule has 1 aromatic rings. The highest BCUT2D eigenvalue weighted by atomic mass is 16.4. The molecule has 0 bridgehead atoms. The molecule has 0 atom stereocenters. The van der Waals surface area contributed by atoms with Gasteiger partial charge in [-0.2, -0.15) is 0 Å². The molecule has 5 heteroatoms. The zero-order valence-electron chi connectivity index (χ0n) is 11.3. The van der Waals surface area contributed by atoms with Crippen molar-refractivity contribution in [2.45, 2.75) is 26.2 Å². The van der Waals surface area contributed by atoms with Gasteiger partial charge >= 0.3 is 12.0 Å². The first kappa shape index (κ1) is 15.0. The van der Waals surface area contributed by atoms with Crippen LogP contribution in [0.2, 0.25) is 0 Å². The van der Waals surface area contributed by atoms with Crippen molar-refractivity contribution in [2.75, 3.05) is 18.5 Å². The number of nitrogens with one attached hydrogen (secondary N) is 1. The van der Waals surface area contributed by atoms with E-state index in [-0.39, 0.29) is 12.5 Å². The molecule has 5 nitrogen and oxygen atoms in total. The summed E-state index contributed by atoms with van der Waals surface area (Å²) in [6.07, 6.45) is 1.38. The highest BCUT2D eigenvalue weighted by molar-refractivity contribution is 5.91. The number of unbranched alkanes of at least 4 members (excludes halogenated alkanes) is 1. The molecule has 0 aromatic heterocycles. The van der Waals surface area contributed by atoms with E-state index in [2.05, 4.69) is 5.32 Å². The third-order valence-electron chi connectivity index (χ3n) is 2.79. The Hall–Kier alpha value is -2.04. The van der Waals surface area contributed by atoms with Gasteiger partial charge in [0.15, 0.2) is 0 Å². The van der Waals surface area contributed by atoms with E-state index in [1.165, 1.54) is 0 Å². The second-order valence-corrected chi connectivity index (χ2v) is 4.48. The molecule has 2 N–H and O–H groups in total. The van der Waals surface area contributed by atoms with Crippen molar-refractivity contribution in [3.8, 4) is 0 Å². The molecule has 0 radical (unpaired) electrons. The number of urea groups is 1. The zero-order valence-corrected chi connectivity index (χ0v) is 11.3. The molecule has 0 unspecified atom stereocenters. The lowest BCUT2D eigenvalue weighted by Gasteiger charge is -2.18. The fourth-order valence-electron chi connectivity index (χ4n) is 1.67. The summed E-state index contributed by atoms with van der Waals surface area (Å²) in [6, 6.07) is 7.50. The summed E-state index contributed by atoms with van der Waals surface area (Å²) >= 11 is 0. The molecule has 0 heterocycles. The number of rotatable bonds is 6. The predicted octanol–water partition coefficient (Wildman–Crippen LogP) is 2.40. The van der Waals surface area contributed by atoms with E-state index in [0.717, 1.165) is 11.3 Å². The molecule has 1 rings (SSSR count). The van der Waals surface area contributed by atoms with Crippen molar-refractivity contribution in [1.29, 1.82) is 0 Å². The topological polar surface area (TPSA) is 69.6 Å². The van der Waals surface area contributed by atoms with E-state index in [0.29, 0.717) is 19.4 Å². The van der Waals surface area contributed by atoms with Crippen molar-refractivity contribution in [1.82, 2.24) is 5.32 Å². The lowest BCUT2D eigenvalue weighted by Crippen LogP contribution is -2.37. The minimum Gasteiger partial charge on any atom is -0.481 e. The first-order valence-corrected chi connectivity index (χ1v) is 6.30. The fourth-order valence-corrected chi connectivity index (χ4v) is 1.67. The van der Waals surface area contributed by atoms with Crippen LogP contribution in [-0.2, 0) is 4.79 Å². The number of hydrogen-bond acceptors (Lipinski definition) is 2. The summed E-state index contributed by atoms with van der Waals surface area (Å²) in [4.78, 5) is 23.7. The number of carboxylic acid groups (broad SMARTS) is 1. The SMILES string of the molecule is Cc1cccc(N(C)C(=O)NCCCCC(=O)O)c1. The molecule has 0 saturated carbocycles. The van der Waals surface area contributed by atoms with Gasteiger partial charge in [-0.15, -0.1) is 0 Å². The maximum absolute atomic E-state index is 11.9. The standard InChI is InChI=1S/C14H20N2O3/c1-11-6-5-7-12(10-11)16(2)14(19)15-9-4-3-8-13(17)18/h5-7,10H,3-4,8-9H2,1-2H3,(H,15,19)(H,17,18). The molecule has 2 amide bonds. The number of amides is 2. The molecular formula is C14H20N2O3. The molecule has 0 aliphatic heterocycles. The summed E-state index contributed by atoms with van der Waals surface area (Å²) in [5.41, 5.74) is 1.93. The van der Waals surface area contributed by atoms with Crippen molar-refractivity contribution >= 4 is 17.7 Å². The van der Waals surface area contributed by atoms with Gasteiger partial charge in [-0.1, -0.05) is 12.1 Å². The first-order chi connectivity index (χ1) is 9.00. The lowest BCUT2D eigenvalue weighted by molar-refractivity contribution is -0.137. The van der Waals surface area contributed by atoms with E-state index < -0.39 is 5.97 Å². The van der Waals surface area contributed by atoms with Crippen LogP contribution in [0.5, 0.6) is 0 Å². The maximum Gasteiger partial charge on any atom is 0.321 e. The lowest BCUT2D eigenvalue weighted by atomic mass is 10.2. The monoisotopic (exact) mass is 264 g/mol. The van der Waals surface area contributed by atoms with Gasteiger partial charge in [0.25, 0.3) is 0 Å². The quantitative estimate of drug-likeness (QED) is 0.775. The Morgan fingerprint density at radius 3 is 2.68 bits per heavy atom. The normalized spacial score (nSPS) is 10.0. The Morgan fingerprint density at radius 1 is 1.32 bits per heavy atom. The first-order valence-electron chi connectivity index (χ1n) is 6.30. The Balaban J connectivity index is 2.35. The number of carbonyl (C=O) groups excluding carboxylic acids is 1. The maximum atomic E-state index is 11.9. The molecular weight excluding hydrogens is 244 g/mol. The second kappa shape index (κ2) is 7.41. The van der Waals surface area contributed by atoms with Crippen molar-refractivity contribution in [3.05, 3.63) is 29.8 Å². The van der Waals surface area contributed by atoms with Crippen LogP contribution in [0.15, 0.2) is 24.3 Å². The average Bonchev–Trinajstić information content (AvgIpc) is 2.36. The summed E-state index contributed by atoms with van der Waals surface area (Å²) in [5.74, 6) is -0.803. The van der Waals surface area contributed by atoms with E-state index in [9.17, 15) is 9.59 Å². The van der Waals surface area contributed by atoms with Crippen LogP contribution in [0.25, 0.3) is 0 Å². The van der Waals surface area contributed by atoms with E-state index in [1.807, 2.05) is 31.2 Å². The third-order valence-corrected chi connectivity index (χ3v) is 2.79. The van der Waals surface area contributed by atoms with Gasteiger partial charge in [-0.05, 0) is 37.5 Å². The van der Waals surface area contributed by atoms with Crippen molar-refractivity contribution in [3.63, 3.8) is 0 Å². The van der Waals surface area contributed by atoms with Crippen LogP contribution >= 0.6 is 0 Å². The molecule has 0 saturated heterocycles. The smallest absolute Gasteiger partial charge is 0.321 e. The number of anilines is 1. The highest BCUT2D eigenvalue weighted by Gasteiger charge is 2.09. The molecule has 0 fully saturated rings. The van der Waals surface area contributed by atoms with Gasteiger partial charge in [-0.3, -0.25) is 9.69 Å². The zero-order chi connectivity index (χ0) is 14.3. The molecule has 1 aromatic carbocycles. The highest BCUT2D eigenvalue weighted by Crippen LogP contribution is 2.14. The number of carbonyl (C=O) groups is 2. The van der Waals surface area contributed by atoms with Gasteiger partial charge in [0.05, 0.1) is 0 Å². The second-order valence-electron chi connectivity index (χ2n) is 4.48. The van der Waals surface area contributed by atoms with Crippen molar-refractivity contribution < 1.29 is 14.7 Å². The summed E-state index contributed by atoms with van der Waals surface area (Å²) < 4.78 is 0. The minimum absolute atomic E-state index is 0.142. The van der Waals surface area contributed by atoms with Gasteiger partial charge in [0.1, 0.15) is 0 Å². The largest absolute Gasteiger partial charge is 0.481 e. The number of aliphatic carboxylic acids is 1. The van der Waals surface area contributed by atoms with Crippen LogP contribution in [0.4, 0.5) is 10.5 Å². The van der Waals surface area contributed by atoms with E-state index in [4.69, 9.17) is 5.11 Å². The van der Waals surface area contributed by atoms with Gasteiger partial charge < -0.3 is 10.4 Å². The Labute approximate surface area is 113 Å². The van der Waals surface area contributed by atoms with Crippen LogP contribution in [0.1, 0.15) is 24.8 Å². The van der Waals surface area contributed by atoms with Gasteiger partial charge in [0, 0.05) is 25.7 Å². The summed E-state index contributed by atoms with van der Waals surface area (Å²) in [7, 11) is 1.71. The summed E-state index contributed by atoms with van der Waals surface area (Å²) in [6.45, 7) is 2.46. The molecule has 0 aliphatic rings. The number of hydrogen-bond donors (Lipinski definition) is 2. The Kier molecular flexibility index (Phi) is 5.85. The van der Waals surface area contributed by atoms with Crippen molar-refractivity contribution in [2.24, 2.45) is 0 Å².